The first-order chi connectivity index (χ1) is 23.8. The average Bonchev–Trinajstić information content (AvgIpc) is 3.70. The lowest BCUT2D eigenvalue weighted by Gasteiger charge is -2.14. The van der Waals surface area contributed by atoms with E-state index in [9.17, 15) is 0 Å². The third kappa shape index (κ3) is 3.86. The van der Waals surface area contributed by atoms with Crippen LogP contribution in [0.25, 0.3) is 88.9 Å². The van der Waals surface area contributed by atoms with E-state index in [0.717, 1.165) is 71.3 Å². The summed E-state index contributed by atoms with van der Waals surface area (Å²) in [7, 11) is 0. The highest BCUT2D eigenvalue weighted by atomic mass is 15.2. The summed E-state index contributed by atoms with van der Waals surface area (Å²) < 4.78 is 4.60. The zero-order valence-electron chi connectivity index (χ0n) is 25.7. The van der Waals surface area contributed by atoms with Crippen LogP contribution in [0.2, 0.25) is 0 Å². The molecule has 0 atom stereocenters. The van der Waals surface area contributed by atoms with Gasteiger partial charge in [0.2, 0.25) is 5.95 Å². The number of rotatable bonds is 4. The molecular weight excluding hydrogens is 589 g/mol. The summed E-state index contributed by atoms with van der Waals surface area (Å²) >= 11 is 0. The second-order valence-corrected chi connectivity index (χ2v) is 11.9. The Morgan fingerprint density at radius 2 is 0.896 bits per heavy atom. The van der Waals surface area contributed by atoms with Crippen LogP contribution in [0.4, 0.5) is 0 Å². The van der Waals surface area contributed by atoms with Crippen LogP contribution in [-0.4, -0.2) is 29.1 Å². The quantitative estimate of drug-likeness (QED) is 0.198. The Kier molecular flexibility index (Phi) is 5.77. The molecule has 0 fully saturated rings. The van der Waals surface area contributed by atoms with Crippen molar-refractivity contribution in [2.24, 2.45) is 0 Å². The number of fused-ring (bicyclic) bond motifs is 10. The first-order valence-electron chi connectivity index (χ1n) is 16.0. The van der Waals surface area contributed by atoms with Gasteiger partial charge in [-0.05, 0) is 30.3 Å². The van der Waals surface area contributed by atoms with Gasteiger partial charge in [0.25, 0.3) is 0 Å². The van der Waals surface area contributed by atoms with Crippen molar-refractivity contribution in [1.82, 2.24) is 29.1 Å². The standard InChI is InChI=1S/C42H26N6/c1-4-15-27(16-5-1)40-44-41(28-17-6-2-7-18-28)46-42(45-40)48-34-25-13-10-21-30(34)35-32-23-14-26-43-37(32)36-31-22-11-12-24-33(31)47(39(36)38(35)48)29-19-8-3-9-20-29/h1-26H. The van der Waals surface area contributed by atoms with Crippen molar-refractivity contribution in [3.05, 3.63) is 158 Å². The van der Waals surface area contributed by atoms with E-state index in [1.54, 1.807) is 0 Å². The molecule has 0 unspecified atom stereocenters. The van der Waals surface area contributed by atoms with Gasteiger partial charge in [-0.25, -0.2) is 4.98 Å². The average molecular weight is 615 g/mol. The first kappa shape index (κ1) is 26.5. The maximum atomic E-state index is 5.23. The van der Waals surface area contributed by atoms with E-state index < -0.39 is 0 Å². The smallest absolute Gasteiger partial charge is 0.238 e. The van der Waals surface area contributed by atoms with E-state index in [1.165, 1.54) is 0 Å². The number of nitrogens with zero attached hydrogens (tertiary/aromatic N) is 6. The van der Waals surface area contributed by atoms with Gasteiger partial charge in [-0.2, -0.15) is 9.97 Å². The SMILES string of the molecule is c1ccc(-c2nc(-c3ccccc3)nc(-n3c4ccccc4c4c5cccnc5c5c6ccccc6n(-c6ccccc6)c5c43)n2)cc1. The van der Waals surface area contributed by atoms with Gasteiger partial charge in [0.1, 0.15) is 0 Å². The van der Waals surface area contributed by atoms with Crippen molar-refractivity contribution in [3.8, 4) is 34.4 Å². The van der Waals surface area contributed by atoms with E-state index in [1.807, 2.05) is 72.9 Å². The fourth-order valence-electron chi connectivity index (χ4n) is 7.20. The summed E-state index contributed by atoms with van der Waals surface area (Å²) in [6.45, 7) is 0. The molecule has 0 aliphatic rings. The van der Waals surface area contributed by atoms with Crippen LogP contribution in [0.15, 0.2) is 158 Å². The zero-order chi connectivity index (χ0) is 31.6. The van der Waals surface area contributed by atoms with Crippen LogP contribution in [-0.2, 0) is 0 Å². The maximum absolute atomic E-state index is 5.23. The fraction of sp³-hybridized carbons (Fsp3) is 0. The van der Waals surface area contributed by atoms with Gasteiger partial charge in [-0.1, -0.05) is 121 Å². The van der Waals surface area contributed by atoms with Crippen LogP contribution in [0, 0.1) is 0 Å². The highest BCUT2D eigenvalue weighted by Gasteiger charge is 2.26. The summed E-state index contributed by atoms with van der Waals surface area (Å²) in [6, 6.07) is 52.2. The second-order valence-electron chi connectivity index (χ2n) is 11.9. The second kappa shape index (κ2) is 10.4. The van der Waals surface area contributed by atoms with Crippen molar-refractivity contribution < 1.29 is 0 Å². The summed E-state index contributed by atoms with van der Waals surface area (Å²) in [6.07, 6.45) is 1.89. The molecule has 0 radical (unpaired) electrons. The summed E-state index contributed by atoms with van der Waals surface area (Å²) in [5.74, 6) is 1.80. The Morgan fingerprint density at radius 3 is 1.54 bits per heavy atom. The molecule has 6 aromatic carbocycles. The first-order valence-corrected chi connectivity index (χ1v) is 16.0. The van der Waals surface area contributed by atoms with Gasteiger partial charge in [-0.3, -0.25) is 9.55 Å². The van der Waals surface area contributed by atoms with E-state index in [-0.39, 0.29) is 0 Å². The van der Waals surface area contributed by atoms with E-state index in [2.05, 4.69) is 94.1 Å². The molecule has 224 valence electrons. The molecule has 0 aliphatic heterocycles. The topological polar surface area (TPSA) is 61.4 Å². The third-order valence-corrected chi connectivity index (χ3v) is 9.19. The molecule has 0 saturated heterocycles. The lowest BCUT2D eigenvalue weighted by molar-refractivity contribution is 0.953. The number of hydrogen-bond acceptors (Lipinski definition) is 4. The number of para-hydroxylation sites is 3. The largest absolute Gasteiger partial charge is 0.307 e. The molecule has 4 aromatic heterocycles. The van der Waals surface area contributed by atoms with Gasteiger partial charge < -0.3 is 4.57 Å². The van der Waals surface area contributed by atoms with Gasteiger partial charge >= 0.3 is 0 Å². The number of aromatic nitrogens is 6. The molecule has 0 amide bonds. The summed E-state index contributed by atoms with van der Waals surface area (Å²) in [4.78, 5) is 20.5. The van der Waals surface area contributed by atoms with Gasteiger partial charge in [0.05, 0.1) is 27.6 Å². The molecule has 0 bridgehead atoms. The maximum Gasteiger partial charge on any atom is 0.238 e. The minimum absolute atomic E-state index is 0.559. The lowest BCUT2D eigenvalue weighted by Crippen LogP contribution is -2.07. The Balaban J connectivity index is 1.47. The minimum Gasteiger partial charge on any atom is -0.307 e. The van der Waals surface area contributed by atoms with Crippen molar-refractivity contribution in [1.29, 1.82) is 0 Å². The molecule has 0 aliphatic carbocycles. The van der Waals surface area contributed by atoms with Gasteiger partial charge in [0.15, 0.2) is 11.6 Å². The zero-order valence-corrected chi connectivity index (χ0v) is 25.7. The third-order valence-electron chi connectivity index (χ3n) is 9.19. The van der Waals surface area contributed by atoms with Crippen LogP contribution >= 0.6 is 0 Å². The monoisotopic (exact) mass is 614 g/mol. The van der Waals surface area contributed by atoms with Crippen molar-refractivity contribution in [2.45, 2.75) is 0 Å². The minimum atomic E-state index is 0.559. The van der Waals surface area contributed by atoms with Crippen molar-refractivity contribution in [3.63, 3.8) is 0 Å². The fourth-order valence-corrected chi connectivity index (χ4v) is 7.20. The van der Waals surface area contributed by atoms with E-state index in [4.69, 9.17) is 19.9 Å². The molecule has 0 spiro atoms. The highest BCUT2D eigenvalue weighted by molar-refractivity contribution is 6.35. The predicted molar refractivity (Wildman–Crippen MR) is 195 cm³/mol. The predicted octanol–water partition coefficient (Wildman–Crippen LogP) is 9.95. The number of pyridine rings is 1. The van der Waals surface area contributed by atoms with Gasteiger partial charge in [0, 0.05) is 49.9 Å². The highest BCUT2D eigenvalue weighted by Crippen LogP contribution is 2.45. The van der Waals surface area contributed by atoms with Crippen molar-refractivity contribution in [2.75, 3.05) is 0 Å². The molecular formula is C42H26N6. The Bertz CT molecular complexity index is 2760. The summed E-state index contributed by atoms with van der Waals surface area (Å²) in [5, 5.41) is 5.56. The van der Waals surface area contributed by atoms with Gasteiger partial charge in [-0.15, -0.1) is 0 Å². The Labute approximate surface area is 275 Å². The van der Waals surface area contributed by atoms with Crippen molar-refractivity contribution >= 4 is 54.5 Å². The van der Waals surface area contributed by atoms with E-state index in [0.29, 0.717) is 17.6 Å². The molecule has 6 heteroatoms. The molecule has 6 nitrogen and oxygen atoms in total. The molecule has 10 aromatic rings. The molecule has 48 heavy (non-hydrogen) atoms. The lowest BCUT2D eigenvalue weighted by atomic mass is 10.0. The summed E-state index contributed by atoms with van der Waals surface area (Å²) in [5.41, 5.74) is 8.11. The van der Waals surface area contributed by atoms with Crippen LogP contribution in [0.3, 0.4) is 0 Å². The Hall–Kier alpha value is -6.66. The van der Waals surface area contributed by atoms with E-state index >= 15 is 0 Å². The number of hydrogen-bond donors (Lipinski definition) is 0. The Morgan fingerprint density at radius 1 is 0.396 bits per heavy atom. The number of benzene rings is 6. The van der Waals surface area contributed by atoms with Crippen LogP contribution in [0.1, 0.15) is 0 Å². The molecule has 4 heterocycles. The molecule has 10 rings (SSSR count). The van der Waals surface area contributed by atoms with Crippen LogP contribution in [0.5, 0.6) is 0 Å². The molecule has 0 N–H and O–H groups in total. The molecule has 0 saturated carbocycles. The normalized spacial score (nSPS) is 11.8. The van der Waals surface area contributed by atoms with Crippen LogP contribution < -0.4 is 0 Å².